The molecule has 0 rings (SSSR count). The molecule has 0 aliphatic carbocycles. The number of carbonyl (C=O) groups excluding carboxylic acids is 1. The summed E-state index contributed by atoms with van der Waals surface area (Å²) in [7, 11) is 0. The Morgan fingerprint density at radius 1 is 1.55 bits per heavy atom. The van der Waals surface area contributed by atoms with Gasteiger partial charge in [-0.15, -0.1) is 0 Å². The van der Waals surface area contributed by atoms with Crippen LogP contribution in [0.4, 0.5) is 0 Å². The maximum Gasteiger partial charge on any atom is 0.236 e. The van der Waals surface area contributed by atoms with E-state index in [1.54, 1.807) is 0 Å². The minimum atomic E-state index is -0.353. The van der Waals surface area contributed by atoms with Gasteiger partial charge in [0.05, 0.1) is 6.54 Å². The second-order valence-electron chi connectivity index (χ2n) is 2.06. The molecule has 3 nitrogen and oxygen atoms in total. The summed E-state index contributed by atoms with van der Waals surface area (Å²) in [5, 5.41) is 2.87. The summed E-state index contributed by atoms with van der Waals surface area (Å²) >= 11 is 0. The average Bonchev–Trinajstić information content (AvgIpc) is 1.97. The lowest BCUT2D eigenvalue weighted by Gasteiger charge is -2.02. The van der Waals surface area contributed by atoms with Crippen molar-refractivity contribution in [3.63, 3.8) is 0 Å². The van der Waals surface area contributed by atoms with Crippen LogP contribution in [0.1, 0.15) is 13.8 Å². The highest BCUT2D eigenvalue weighted by molar-refractivity contribution is 5.76. The lowest BCUT2D eigenvalue weighted by molar-refractivity contribution is -0.117. The molecule has 0 saturated carbocycles. The second kappa shape index (κ2) is 5.53. The molecule has 0 fully saturated rings. The fraction of sp³-hybridized carbons (Fsp3) is 0.375. The maximum absolute atomic E-state index is 10.3. The number of hydrogen-bond acceptors (Lipinski definition) is 2. The van der Waals surface area contributed by atoms with E-state index in [4.69, 9.17) is 5.73 Å². The fourth-order valence-corrected chi connectivity index (χ4v) is 0.626. The number of nitrogens with two attached hydrogens (primary N) is 1. The Morgan fingerprint density at radius 3 is 2.55 bits per heavy atom. The van der Waals surface area contributed by atoms with Crippen LogP contribution in [-0.2, 0) is 4.79 Å². The van der Waals surface area contributed by atoms with Crippen molar-refractivity contribution in [2.75, 3.05) is 6.54 Å². The van der Waals surface area contributed by atoms with Crippen molar-refractivity contribution in [3.05, 3.63) is 23.9 Å². The fourth-order valence-electron chi connectivity index (χ4n) is 0.626. The van der Waals surface area contributed by atoms with E-state index in [2.05, 4.69) is 5.32 Å². The zero-order valence-electron chi connectivity index (χ0n) is 6.92. The molecule has 0 radical (unpaired) electrons. The number of hydrogen-bond donors (Lipinski definition) is 2. The van der Waals surface area contributed by atoms with Gasteiger partial charge in [-0.25, -0.2) is 0 Å². The quantitative estimate of drug-likeness (QED) is 0.581. The van der Waals surface area contributed by atoms with Crippen LogP contribution in [-0.4, -0.2) is 12.5 Å². The summed E-state index contributed by atoms with van der Waals surface area (Å²) < 4.78 is 0. The Kier molecular flexibility index (Phi) is 4.90. The number of amides is 1. The van der Waals surface area contributed by atoms with Crippen molar-refractivity contribution < 1.29 is 4.79 Å². The van der Waals surface area contributed by atoms with Crippen LogP contribution in [0.5, 0.6) is 0 Å². The largest absolute Gasteiger partial charge is 0.376 e. The maximum atomic E-state index is 10.3. The topological polar surface area (TPSA) is 55.1 Å². The van der Waals surface area contributed by atoms with Crippen molar-refractivity contribution >= 4 is 5.91 Å². The number of allylic oxidation sites excluding steroid dienone is 3. The van der Waals surface area contributed by atoms with Crippen molar-refractivity contribution in [1.82, 2.24) is 5.32 Å². The second-order valence-corrected chi connectivity index (χ2v) is 2.06. The number of primary amides is 1. The van der Waals surface area contributed by atoms with Crippen molar-refractivity contribution in [2.24, 2.45) is 5.73 Å². The van der Waals surface area contributed by atoms with Gasteiger partial charge in [-0.3, -0.25) is 4.79 Å². The molecule has 0 aliphatic heterocycles. The molecule has 3 N–H and O–H groups in total. The third-order valence-electron chi connectivity index (χ3n) is 1.12. The van der Waals surface area contributed by atoms with Crippen molar-refractivity contribution in [1.29, 1.82) is 0 Å². The van der Waals surface area contributed by atoms with Gasteiger partial charge in [0, 0.05) is 5.70 Å². The Labute approximate surface area is 67.0 Å². The van der Waals surface area contributed by atoms with Gasteiger partial charge in [-0.05, 0) is 19.9 Å². The molecule has 11 heavy (non-hydrogen) atoms. The Hall–Kier alpha value is -1.25. The SMILES string of the molecule is C/C=C\C(=C/C)NCC(N)=O. The minimum Gasteiger partial charge on any atom is -0.376 e. The molecule has 0 heterocycles. The smallest absolute Gasteiger partial charge is 0.236 e. The molecule has 0 atom stereocenters. The molecule has 0 spiro atoms. The van der Waals surface area contributed by atoms with Gasteiger partial charge in [0.15, 0.2) is 0 Å². The normalized spacial score (nSPS) is 12.0. The van der Waals surface area contributed by atoms with E-state index >= 15 is 0 Å². The molecule has 3 heteroatoms. The molecule has 0 aromatic carbocycles. The van der Waals surface area contributed by atoms with E-state index in [9.17, 15) is 4.79 Å². The summed E-state index contributed by atoms with van der Waals surface area (Å²) in [5.41, 5.74) is 5.85. The van der Waals surface area contributed by atoms with Crippen molar-refractivity contribution in [3.8, 4) is 0 Å². The highest BCUT2D eigenvalue weighted by Gasteiger charge is 1.92. The van der Waals surface area contributed by atoms with Crippen LogP contribution in [0, 0.1) is 0 Å². The Balaban J connectivity index is 3.81. The first-order chi connectivity index (χ1) is 5.20. The highest BCUT2D eigenvalue weighted by atomic mass is 16.1. The predicted octanol–water partition coefficient (Wildman–Crippen LogP) is 0.541. The zero-order chi connectivity index (χ0) is 8.69. The van der Waals surface area contributed by atoms with Gasteiger partial charge in [-0.1, -0.05) is 12.2 Å². The summed E-state index contributed by atoms with van der Waals surface area (Å²) in [5.74, 6) is -0.353. The third kappa shape index (κ3) is 5.21. The zero-order valence-corrected chi connectivity index (χ0v) is 6.92. The standard InChI is InChI=1S/C8H14N2O/c1-3-5-7(4-2)10-6-8(9)11/h3-5,10H,6H2,1-2H3,(H2,9,11)/b5-3-,7-4+. The first-order valence-electron chi connectivity index (χ1n) is 3.52. The molecule has 0 bridgehead atoms. The van der Waals surface area contributed by atoms with E-state index in [0.29, 0.717) is 0 Å². The Morgan fingerprint density at radius 2 is 2.18 bits per heavy atom. The van der Waals surface area contributed by atoms with Gasteiger partial charge in [0.25, 0.3) is 0 Å². The van der Waals surface area contributed by atoms with Crippen LogP contribution in [0.25, 0.3) is 0 Å². The van der Waals surface area contributed by atoms with Gasteiger partial charge in [-0.2, -0.15) is 0 Å². The van der Waals surface area contributed by atoms with Gasteiger partial charge < -0.3 is 11.1 Å². The van der Waals surface area contributed by atoms with Crippen molar-refractivity contribution in [2.45, 2.75) is 13.8 Å². The molecular weight excluding hydrogens is 140 g/mol. The molecule has 0 aromatic rings. The molecule has 62 valence electrons. The number of rotatable bonds is 4. The van der Waals surface area contributed by atoms with E-state index in [-0.39, 0.29) is 12.5 Å². The lowest BCUT2D eigenvalue weighted by Crippen LogP contribution is -2.27. The number of nitrogens with one attached hydrogen (secondary N) is 1. The van der Waals surface area contributed by atoms with E-state index in [1.807, 2.05) is 32.1 Å². The van der Waals surface area contributed by atoms with E-state index in [1.165, 1.54) is 0 Å². The van der Waals surface area contributed by atoms with Crippen LogP contribution in [0.2, 0.25) is 0 Å². The van der Waals surface area contributed by atoms with Gasteiger partial charge in [0.1, 0.15) is 0 Å². The molecular formula is C8H14N2O. The van der Waals surface area contributed by atoms with Crippen LogP contribution in [0.15, 0.2) is 23.9 Å². The summed E-state index contributed by atoms with van der Waals surface area (Å²) in [6.07, 6.45) is 5.65. The van der Waals surface area contributed by atoms with Crippen LogP contribution in [0.3, 0.4) is 0 Å². The van der Waals surface area contributed by atoms with Gasteiger partial charge in [0.2, 0.25) is 5.91 Å². The molecule has 0 saturated heterocycles. The summed E-state index contributed by atoms with van der Waals surface area (Å²) in [4.78, 5) is 10.3. The predicted molar refractivity (Wildman–Crippen MR) is 45.8 cm³/mol. The molecule has 0 unspecified atom stereocenters. The Bertz CT molecular complexity index is 183. The first kappa shape index (κ1) is 9.75. The van der Waals surface area contributed by atoms with E-state index in [0.717, 1.165) is 5.70 Å². The number of carbonyl (C=O) groups is 1. The molecule has 0 aliphatic rings. The first-order valence-corrected chi connectivity index (χ1v) is 3.52. The summed E-state index contributed by atoms with van der Waals surface area (Å²) in [6, 6.07) is 0. The molecule has 0 aromatic heterocycles. The van der Waals surface area contributed by atoms with Crippen LogP contribution >= 0.6 is 0 Å². The summed E-state index contributed by atoms with van der Waals surface area (Å²) in [6.45, 7) is 3.99. The third-order valence-corrected chi connectivity index (χ3v) is 1.12. The highest BCUT2D eigenvalue weighted by Crippen LogP contribution is 1.89. The van der Waals surface area contributed by atoms with Gasteiger partial charge >= 0.3 is 0 Å². The lowest BCUT2D eigenvalue weighted by atomic mass is 10.3. The molecule has 1 amide bonds. The van der Waals surface area contributed by atoms with E-state index < -0.39 is 0 Å². The minimum absolute atomic E-state index is 0.185. The monoisotopic (exact) mass is 154 g/mol. The van der Waals surface area contributed by atoms with Crippen LogP contribution < -0.4 is 11.1 Å². The average molecular weight is 154 g/mol.